The summed E-state index contributed by atoms with van der Waals surface area (Å²) in [6.07, 6.45) is 1.50. The maximum Gasteiger partial charge on any atom is 0.224 e. The van der Waals surface area contributed by atoms with Crippen LogP contribution in [0.15, 0.2) is 29.6 Å². The molecule has 0 fully saturated rings. The van der Waals surface area contributed by atoms with Crippen LogP contribution < -0.4 is 5.32 Å². The summed E-state index contributed by atoms with van der Waals surface area (Å²) in [5.74, 6) is 1.13. The van der Waals surface area contributed by atoms with E-state index < -0.39 is 0 Å². The Morgan fingerprint density at radius 1 is 1.13 bits per heavy atom. The summed E-state index contributed by atoms with van der Waals surface area (Å²) in [7, 11) is 0. The molecule has 0 aliphatic heterocycles. The van der Waals surface area contributed by atoms with E-state index in [1.54, 1.807) is 11.3 Å². The van der Waals surface area contributed by atoms with Crippen molar-refractivity contribution in [2.75, 3.05) is 0 Å². The van der Waals surface area contributed by atoms with Crippen LogP contribution in [0.1, 0.15) is 55.4 Å². The second-order valence-electron chi connectivity index (χ2n) is 6.70. The number of hydrogen-bond donors (Lipinski definition) is 1. The number of aromatic nitrogens is 1. The van der Waals surface area contributed by atoms with Crippen molar-refractivity contribution in [1.29, 1.82) is 0 Å². The van der Waals surface area contributed by atoms with Crippen LogP contribution in [0, 0.1) is 5.92 Å². The normalized spacial score (nSPS) is 11.2. The maximum absolute atomic E-state index is 12.1. The number of hydrogen-bond acceptors (Lipinski definition) is 3. The predicted octanol–water partition coefficient (Wildman–Crippen LogP) is 4.32. The van der Waals surface area contributed by atoms with E-state index in [0.29, 0.717) is 24.8 Å². The number of carbonyl (C=O) groups excluding carboxylic acids is 1. The van der Waals surface area contributed by atoms with E-state index in [1.807, 2.05) is 5.38 Å². The van der Waals surface area contributed by atoms with Crippen LogP contribution in [0.5, 0.6) is 0 Å². The smallest absolute Gasteiger partial charge is 0.224 e. The Morgan fingerprint density at radius 3 is 2.35 bits per heavy atom. The van der Waals surface area contributed by atoms with Gasteiger partial charge in [0.15, 0.2) is 0 Å². The quantitative estimate of drug-likeness (QED) is 0.821. The number of nitrogens with one attached hydrogen (secondary N) is 1. The van der Waals surface area contributed by atoms with Gasteiger partial charge < -0.3 is 5.32 Å². The van der Waals surface area contributed by atoms with Crippen molar-refractivity contribution < 1.29 is 4.79 Å². The van der Waals surface area contributed by atoms with Gasteiger partial charge in [-0.15, -0.1) is 11.3 Å². The largest absolute Gasteiger partial charge is 0.350 e. The molecular formula is C19H26N2OS. The van der Waals surface area contributed by atoms with Gasteiger partial charge in [-0.3, -0.25) is 4.79 Å². The number of rotatable bonds is 7. The van der Waals surface area contributed by atoms with Crippen molar-refractivity contribution in [1.82, 2.24) is 10.3 Å². The summed E-state index contributed by atoms with van der Waals surface area (Å²) in [4.78, 5) is 16.6. The monoisotopic (exact) mass is 330 g/mol. The minimum atomic E-state index is 0.0423. The van der Waals surface area contributed by atoms with E-state index in [2.05, 4.69) is 62.3 Å². The van der Waals surface area contributed by atoms with Crippen molar-refractivity contribution in [3.8, 4) is 0 Å². The third-order valence-corrected chi connectivity index (χ3v) is 4.76. The number of thiazole rings is 1. The molecule has 124 valence electrons. The molecule has 1 aromatic carbocycles. The van der Waals surface area contributed by atoms with Gasteiger partial charge in [-0.05, 0) is 23.5 Å². The number of nitrogens with zero attached hydrogens (tertiary/aromatic N) is 1. The van der Waals surface area contributed by atoms with Crippen molar-refractivity contribution in [3.05, 3.63) is 51.5 Å². The van der Waals surface area contributed by atoms with Gasteiger partial charge in [0.2, 0.25) is 5.91 Å². The van der Waals surface area contributed by atoms with Gasteiger partial charge in [0.25, 0.3) is 0 Å². The zero-order valence-corrected chi connectivity index (χ0v) is 15.2. The fourth-order valence-corrected chi connectivity index (χ4v) is 3.21. The lowest BCUT2D eigenvalue weighted by molar-refractivity contribution is -0.120. The highest BCUT2D eigenvalue weighted by atomic mass is 32.1. The van der Waals surface area contributed by atoms with Crippen LogP contribution in [-0.2, 0) is 24.2 Å². The predicted molar refractivity (Wildman–Crippen MR) is 96.7 cm³/mol. The summed E-state index contributed by atoms with van der Waals surface area (Å²) in [6, 6.07) is 8.35. The highest BCUT2D eigenvalue weighted by molar-refractivity contribution is 7.09. The Morgan fingerprint density at radius 2 is 1.78 bits per heavy atom. The van der Waals surface area contributed by atoms with E-state index in [0.717, 1.165) is 22.7 Å². The van der Waals surface area contributed by atoms with Gasteiger partial charge in [-0.25, -0.2) is 4.98 Å². The zero-order chi connectivity index (χ0) is 16.8. The molecule has 0 unspecified atom stereocenters. The molecule has 1 heterocycles. The molecule has 0 bridgehead atoms. The Kier molecular flexibility index (Phi) is 6.34. The summed E-state index contributed by atoms with van der Waals surface area (Å²) >= 11 is 1.66. The molecule has 0 aliphatic carbocycles. The Labute approximate surface area is 143 Å². The minimum Gasteiger partial charge on any atom is -0.350 e. The van der Waals surface area contributed by atoms with E-state index in [-0.39, 0.29) is 5.91 Å². The molecule has 1 N–H and O–H groups in total. The Hall–Kier alpha value is -1.68. The second kappa shape index (κ2) is 8.25. The van der Waals surface area contributed by atoms with Crippen LogP contribution in [0.3, 0.4) is 0 Å². The first kappa shape index (κ1) is 17.7. The van der Waals surface area contributed by atoms with Gasteiger partial charge in [0.05, 0.1) is 23.7 Å². The lowest BCUT2D eigenvalue weighted by Crippen LogP contribution is -2.24. The van der Waals surface area contributed by atoms with Gasteiger partial charge in [0.1, 0.15) is 0 Å². The molecule has 23 heavy (non-hydrogen) atoms. The topological polar surface area (TPSA) is 42.0 Å². The maximum atomic E-state index is 12.1. The summed E-state index contributed by atoms with van der Waals surface area (Å²) < 4.78 is 0. The minimum absolute atomic E-state index is 0.0423. The number of carbonyl (C=O) groups is 1. The first-order valence-corrected chi connectivity index (χ1v) is 9.10. The molecule has 1 aromatic heterocycles. The molecule has 2 aromatic rings. The molecular weight excluding hydrogens is 304 g/mol. The zero-order valence-electron chi connectivity index (χ0n) is 14.4. The summed E-state index contributed by atoms with van der Waals surface area (Å²) in [6.45, 7) is 9.19. The van der Waals surface area contributed by atoms with Gasteiger partial charge >= 0.3 is 0 Å². The standard InChI is InChI=1S/C19H26N2OS/c1-13(2)9-15-5-7-16(8-6-15)10-18(22)20-11-17-12-23-19(21-17)14(3)4/h5-8,12-14H,9-11H2,1-4H3,(H,20,22). The molecule has 0 spiro atoms. The van der Waals surface area contributed by atoms with Crippen LogP contribution in [0.25, 0.3) is 0 Å². The van der Waals surface area contributed by atoms with Crippen molar-refractivity contribution in [2.45, 2.75) is 53.0 Å². The Balaban J connectivity index is 1.82. The molecule has 0 aliphatic rings. The molecule has 0 saturated carbocycles. The molecule has 0 atom stereocenters. The van der Waals surface area contributed by atoms with Gasteiger partial charge in [0, 0.05) is 11.3 Å². The Bertz CT molecular complexity index is 629. The van der Waals surface area contributed by atoms with Gasteiger partial charge in [-0.2, -0.15) is 0 Å². The van der Waals surface area contributed by atoms with Crippen LogP contribution in [-0.4, -0.2) is 10.9 Å². The third-order valence-electron chi connectivity index (χ3n) is 3.56. The lowest BCUT2D eigenvalue weighted by Gasteiger charge is -2.07. The highest BCUT2D eigenvalue weighted by Gasteiger charge is 2.08. The van der Waals surface area contributed by atoms with Crippen LogP contribution >= 0.6 is 11.3 Å². The first-order valence-electron chi connectivity index (χ1n) is 8.23. The van der Waals surface area contributed by atoms with Crippen LogP contribution in [0.4, 0.5) is 0 Å². The number of benzene rings is 1. The molecule has 3 nitrogen and oxygen atoms in total. The summed E-state index contributed by atoms with van der Waals surface area (Å²) in [5.41, 5.74) is 3.32. The molecule has 0 saturated heterocycles. The molecule has 1 amide bonds. The van der Waals surface area contributed by atoms with Gasteiger partial charge in [-0.1, -0.05) is 52.0 Å². The van der Waals surface area contributed by atoms with Crippen molar-refractivity contribution in [3.63, 3.8) is 0 Å². The lowest BCUT2D eigenvalue weighted by atomic mass is 10.0. The van der Waals surface area contributed by atoms with E-state index in [9.17, 15) is 4.79 Å². The van der Waals surface area contributed by atoms with Crippen molar-refractivity contribution >= 4 is 17.2 Å². The SMILES string of the molecule is CC(C)Cc1ccc(CC(=O)NCc2csc(C(C)C)n2)cc1. The average Bonchev–Trinajstić information content (AvgIpc) is 2.96. The number of amides is 1. The average molecular weight is 330 g/mol. The van der Waals surface area contributed by atoms with E-state index >= 15 is 0 Å². The fourth-order valence-electron chi connectivity index (χ4n) is 2.37. The molecule has 0 radical (unpaired) electrons. The third kappa shape index (κ3) is 5.79. The highest BCUT2D eigenvalue weighted by Crippen LogP contribution is 2.19. The van der Waals surface area contributed by atoms with E-state index in [1.165, 1.54) is 5.56 Å². The van der Waals surface area contributed by atoms with Crippen molar-refractivity contribution in [2.24, 2.45) is 5.92 Å². The van der Waals surface area contributed by atoms with Crippen LogP contribution in [0.2, 0.25) is 0 Å². The first-order chi connectivity index (χ1) is 10.9. The summed E-state index contributed by atoms with van der Waals surface area (Å²) in [5, 5.41) is 6.10. The van der Waals surface area contributed by atoms with E-state index in [4.69, 9.17) is 0 Å². The molecule has 2 rings (SSSR count). The molecule has 4 heteroatoms. The fraction of sp³-hybridized carbons (Fsp3) is 0.474. The second-order valence-corrected chi connectivity index (χ2v) is 7.59.